The summed E-state index contributed by atoms with van der Waals surface area (Å²) in [6.45, 7) is 5.11. The van der Waals surface area contributed by atoms with Gasteiger partial charge in [0.15, 0.2) is 0 Å². The fraction of sp³-hybridized carbons (Fsp3) is 0.381. The van der Waals surface area contributed by atoms with Gasteiger partial charge in [-0.25, -0.2) is 0 Å². The fourth-order valence-corrected chi connectivity index (χ4v) is 5.12. The van der Waals surface area contributed by atoms with Crippen molar-refractivity contribution in [1.82, 2.24) is 9.88 Å². The summed E-state index contributed by atoms with van der Waals surface area (Å²) in [5.41, 5.74) is 2.56. The summed E-state index contributed by atoms with van der Waals surface area (Å²) in [4.78, 5) is 8.43. The molecule has 25 heavy (non-hydrogen) atoms. The predicted molar refractivity (Wildman–Crippen MR) is 104 cm³/mol. The Kier molecular flexibility index (Phi) is 4.84. The van der Waals surface area contributed by atoms with E-state index in [9.17, 15) is 5.11 Å². The quantitative estimate of drug-likeness (QED) is 0.752. The third-order valence-electron chi connectivity index (χ3n) is 5.18. The third-order valence-corrected chi connectivity index (χ3v) is 6.42. The smallest absolute Gasteiger partial charge is 0.0679 e. The van der Waals surface area contributed by atoms with Crippen LogP contribution in [0.4, 0.5) is 0 Å². The Hall–Kier alpha value is -1.75. The molecule has 3 nitrogen and oxygen atoms in total. The van der Waals surface area contributed by atoms with Crippen molar-refractivity contribution in [2.45, 2.75) is 31.8 Å². The minimum atomic E-state index is -0.144. The summed E-state index contributed by atoms with van der Waals surface area (Å²) in [7, 11) is 0. The van der Waals surface area contributed by atoms with Crippen LogP contribution < -0.4 is 0 Å². The average molecular weight is 353 g/mol. The number of rotatable bonds is 5. The van der Waals surface area contributed by atoms with Gasteiger partial charge in [0.1, 0.15) is 0 Å². The molecule has 3 heterocycles. The van der Waals surface area contributed by atoms with E-state index in [1.165, 1.54) is 20.5 Å². The molecule has 4 heteroatoms. The van der Waals surface area contributed by atoms with Gasteiger partial charge in [0.2, 0.25) is 0 Å². The van der Waals surface area contributed by atoms with Crippen molar-refractivity contribution in [3.05, 3.63) is 64.8 Å². The first-order valence-electron chi connectivity index (χ1n) is 9.04. The lowest BCUT2D eigenvalue weighted by molar-refractivity contribution is 0.177. The highest BCUT2D eigenvalue weighted by molar-refractivity contribution is 7.19. The maximum Gasteiger partial charge on any atom is 0.0679 e. The Labute approximate surface area is 152 Å². The summed E-state index contributed by atoms with van der Waals surface area (Å²) in [6.07, 6.45) is 3.68. The molecule has 0 amide bonds. The van der Waals surface area contributed by atoms with Gasteiger partial charge in [-0.3, -0.25) is 4.98 Å². The number of thiophene rings is 1. The van der Waals surface area contributed by atoms with Gasteiger partial charge in [-0.15, -0.1) is 11.3 Å². The van der Waals surface area contributed by atoms with E-state index in [0.717, 1.165) is 38.2 Å². The van der Waals surface area contributed by atoms with Crippen LogP contribution in [-0.2, 0) is 6.42 Å². The van der Waals surface area contributed by atoms with E-state index in [2.05, 4.69) is 53.2 Å². The largest absolute Gasteiger partial charge is 0.392 e. The van der Waals surface area contributed by atoms with Crippen molar-refractivity contribution in [2.75, 3.05) is 19.6 Å². The molecule has 0 aliphatic carbocycles. The predicted octanol–water partition coefficient (Wildman–Crippen LogP) is 4.06. The highest BCUT2D eigenvalue weighted by Crippen LogP contribution is 2.38. The van der Waals surface area contributed by atoms with Crippen LogP contribution in [0, 0.1) is 0 Å². The van der Waals surface area contributed by atoms with Crippen molar-refractivity contribution in [1.29, 1.82) is 0 Å². The number of hydrogen-bond acceptors (Lipinski definition) is 4. The molecule has 2 unspecified atom stereocenters. The van der Waals surface area contributed by atoms with Crippen molar-refractivity contribution in [3.8, 4) is 0 Å². The first-order chi connectivity index (χ1) is 12.2. The van der Waals surface area contributed by atoms with Crippen LogP contribution in [0.2, 0.25) is 0 Å². The monoisotopic (exact) mass is 352 g/mol. The van der Waals surface area contributed by atoms with E-state index in [-0.39, 0.29) is 12.0 Å². The highest BCUT2D eigenvalue weighted by atomic mass is 32.1. The number of fused-ring (bicyclic) bond motifs is 1. The zero-order chi connectivity index (χ0) is 17.2. The second kappa shape index (κ2) is 7.24. The zero-order valence-corrected chi connectivity index (χ0v) is 15.4. The molecule has 1 N–H and O–H groups in total. The summed E-state index contributed by atoms with van der Waals surface area (Å²) >= 11 is 1.91. The summed E-state index contributed by atoms with van der Waals surface area (Å²) in [5, 5.41) is 11.1. The molecule has 0 spiro atoms. The van der Waals surface area contributed by atoms with Crippen molar-refractivity contribution < 1.29 is 5.11 Å². The number of pyridine rings is 1. The van der Waals surface area contributed by atoms with E-state index in [0.29, 0.717) is 0 Å². The lowest BCUT2D eigenvalue weighted by Gasteiger charge is -2.17. The van der Waals surface area contributed by atoms with Gasteiger partial charge in [0, 0.05) is 47.0 Å². The van der Waals surface area contributed by atoms with Crippen LogP contribution in [0.15, 0.2) is 48.7 Å². The topological polar surface area (TPSA) is 36.4 Å². The lowest BCUT2D eigenvalue weighted by Crippen LogP contribution is -2.24. The Bertz CT molecular complexity index is 845. The SMILES string of the molecule is CC(c1ccccn1)c1c(CCN2CCC(O)C2)sc2ccccc12. The van der Waals surface area contributed by atoms with E-state index in [1.54, 1.807) is 0 Å². The minimum Gasteiger partial charge on any atom is -0.392 e. The number of benzene rings is 1. The number of likely N-dealkylation sites (tertiary alicyclic amines) is 1. The second-order valence-corrected chi connectivity index (χ2v) is 8.04. The Morgan fingerprint density at radius 3 is 2.84 bits per heavy atom. The normalized spacial score (nSPS) is 19.5. The number of hydrogen-bond donors (Lipinski definition) is 1. The summed E-state index contributed by atoms with van der Waals surface area (Å²) in [5.74, 6) is 0.288. The number of aromatic nitrogens is 1. The van der Waals surface area contributed by atoms with E-state index < -0.39 is 0 Å². The third kappa shape index (κ3) is 3.47. The number of nitrogens with zero attached hydrogens (tertiary/aromatic N) is 2. The van der Waals surface area contributed by atoms with Crippen LogP contribution in [0.25, 0.3) is 10.1 Å². The minimum absolute atomic E-state index is 0.144. The summed E-state index contributed by atoms with van der Waals surface area (Å²) in [6, 6.07) is 14.9. The number of β-amino-alcohol motifs (C(OH)–C–C–N with tert-alkyl or cyclic N) is 1. The maximum absolute atomic E-state index is 9.76. The van der Waals surface area contributed by atoms with Gasteiger partial charge in [-0.2, -0.15) is 0 Å². The first-order valence-corrected chi connectivity index (χ1v) is 9.85. The molecule has 1 aromatic carbocycles. The van der Waals surface area contributed by atoms with Crippen LogP contribution in [0.3, 0.4) is 0 Å². The fourth-order valence-electron chi connectivity index (χ4n) is 3.83. The molecular formula is C21H24N2OS. The van der Waals surface area contributed by atoms with Gasteiger partial charge in [-0.1, -0.05) is 31.2 Å². The summed E-state index contributed by atoms with van der Waals surface area (Å²) < 4.78 is 1.36. The van der Waals surface area contributed by atoms with Crippen LogP contribution in [0.5, 0.6) is 0 Å². The molecule has 4 rings (SSSR count). The van der Waals surface area contributed by atoms with Gasteiger partial charge < -0.3 is 10.0 Å². The highest BCUT2D eigenvalue weighted by Gasteiger charge is 2.23. The molecule has 0 bridgehead atoms. The van der Waals surface area contributed by atoms with Crippen molar-refractivity contribution >= 4 is 21.4 Å². The molecule has 1 fully saturated rings. The van der Waals surface area contributed by atoms with Gasteiger partial charge in [0.05, 0.1) is 6.10 Å². The van der Waals surface area contributed by atoms with E-state index in [1.807, 2.05) is 23.6 Å². The molecule has 130 valence electrons. The second-order valence-electron chi connectivity index (χ2n) is 6.90. The molecule has 1 aliphatic heterocycles. The molecule has 1 saturated heterocycles. The zero-order valence-electron chi connectivity index (χ0n) is 14.6. The molecular weight excluding hydrogens is 328 g/mol. The van der Waals surface area contributed by atoms with Crippen molar-refractivity contribution in [2.24, 2.45) is 0 Å². The van der Waals surface area contributed by atoms with E-state index in [4.69, 9.17) is 0 Å². The molecule has 0 radical (unpaired) electrons. The average Bonchev–Trinajstić information content (AvgIpc) is 3.23. The molecule has 3 aromatic rings. The standard InChI is InChI=1S/C21H24N2OS/c1-15(18-7-4-5-11-22-18)21-17-6-2-3-8-19(17)25-20(21)10-13-23-12-9-16(24)14-23/h2-8,11,15-16,24H,9-10,12-14H2,1H3. The maximum atomic E-state index is 9.76. The van der Waals surface area contributed by atoms with Gasteiger partial charge in [-0.05, 0) is 42.0 Å². The van der Waals surface area contributed by atoms with Crippen LogP contribution >= 0.6 is 11.3 Å². The van der Waals surface area contributed by atoms with Gasteiger partial charge in [0.25, 0.3) is 0 Å². The van der Waals surface area contributed by atoms with Crippen LogP contribution in [-0.4, -0.2) is 40.7 Å². The number of aliphatic hydroxyl groups excluding tert-OH is 1. The van der Waals surface area contributed by atoms with Crippen LogP contribution in [0.1, 0.15) is 35.4 Å². The number of aliphatic hydroxyl groups is 1. The molecule has 2 atom stereocenters. The van der Waals surface area contributed by atoms with Crippen molar-refractivity contribution in [3.63, 3.8) is 0 Å². The molecule has 2 aromatic heterocycles. The van der Waals surface area contributed by atoms with Gasteiger partial charge >= 0.3 is 0 Å². The Balaban J connectivity index is 1.66. The van der Waals surface area contributed by atoms with E-state index >= 15 is 0 Å². The lowest BCUT2D eigenvalue weighted by atomic mass is 9.93. The first kappa shape index (κ1) is 16.7. The Morgan fingerprint density at radius 2 is 2.08 bits per heavy atom. The molecule has 0 saturated carbocycles. The molecule has 1 aliphatic rings. The Morgan fingerprint density at radius 1 is 1.24 bits per heavy atom.